The van der Waals surface area contributed by atoms with Crippen LogP contribution in [0.4, 0.5) is 0 Å². The molecule has 0 aromatic carbocycles. The molecule has 1 aromatic heterocycles. The summed E-state index contributed by atoms with van der Waals surface area (Å²) >= 11 is 1.65. The van der Waals surface area contributed by atoms with Crippen LogP contribution in [0.5, 0.6) is 0 Å². The van der Waals surface area contributed by atoms with E-state index in [4.69, 9.17) is 0 Å². The monoisotopic (exact) mass is 386 g/mol. The number of carbonyl (C=O) groups excluding carboxylic acids is 2. The van der Waals surface area contributed by atoms with Crippen molar-refractivity contribution in [3.05, 3.63) is 22.4 Å². The molecule has 5 aliphatic rings. The third kappa shape index (κ3) is 3.43. The van der Waals surface area contributed by atoms with E-state index in [2.05, 4.69) is 5.32 Å². The van der Waals surface area contributed by atoms with Crippen LogP contribution in [0.1, 0.15) is 56.2 Å². The molecule has 4 bridgehead atoms. The van der Waals surface area contributed by atoms with Gasteiger partial charge in [0, 0.05) is 29.4 Å². The highest BCUT2D eigenvalue weighted by Gasteiger charge is 2.54. The third-order valence-electron chi connectivity index (χ3n) is 7.61. The van der Waals surface area contributed by atoms with Gasteiger partial charge >= 0.3 is 0 Å². The lowest BCUT2D eigenvalue weighted by molar-refractivity contribution is -0.147. The minimum atomic E-state index is -0.0547. The second-order valence-electron chi connectivity index (χ2n) is 9.58. The molecule has 1 saturated heterocycles. The van der Waals surface area contributed by atoms with Gasteiger partial charge in [0.15, 0.2) is 0 Å². The molecule has 5 heteroatoms. The minimum absolute atomic E-state index is 0.0547. The first-order valence-corrected chi connectivity index (χ1v) is 11.6. The molecule has 1 N–H and O–H groups in total. The summed E-state index contributed by atoms with van der Waals surface area (Å²) in [7, 11) is 0. The first-order valence-electron chi connectivity index (χ1n) is 10.7. The van der Waals surface area contributed by atoms with Crippen molar-refractivity contribution in [1.82, 2.24) is 10.2 Å². The lowest BCUT2D eigenvalue weighted by Crippen LogP contribution is -2.56. The molecule has 0 atom stereocenters. The quantitative estimate of drug-likeness (QED) is 0.859. The van der Waals surface area contributed by atoms with Crippen molar-refractivity contribution >= 4 is 23.2 Å². The van der Waals surface area contributed by atoms with Gasteiger partial charge in [-0.15, -0.1) is 11.3 Å². The van der Waals surface area contributed by atoms with E-state index in [1.54, 1.807) is 11.3 Å². The summed E-state index contributed by atoms with van der Waals surface area (Å²) in [4.78, 5) is 28.8. The summed E-state index contributed by atoms with van der Waals surface area (Å²) in [6, 6.07) is 4.27. The first-order chi connectivity index (χ1) is 13.1. The summed E-state index contributed by atoms with van der Waals surface area (Å²) in [6.07, 6.45) is 9.81. The zero-order chi connectivity index (χ0) is 18.4. The lowest BCUT2D eigenvalue weighted by atomic mass is 9.49. The molecule has 0 spiro atoms. The smallest absolute Gasteiger partial charge is 0.227 e. The fourth-order valence-corrected chi connectivity index (χ4v) is 7.37. The van der Waals surface area contributed by atoms with Gasteiger partial charge in [0.05, 0.1) is 6.42 Å². The number of nitrogens with zero attached hydrogens (tertiary/aromatic N) is 1. The van der Waals surface area contributed by atoms with E-state index >= 15 is 0 Å². The van der Waals surface area contributed by atoms with E-state index in [1.807, 2.05) is 22.4 Å². The van der Waals surface area contributed by atoms with E-state index in [-0.39, 0.29) is 17.4 Å². The maximum Gasteiger partial charge on any atom is 0.227 e. The molecule has 4 saturated carbocycles. The summed E-state index contributed by atoms with van der Waals surface area (Å²) in [5, 5.41) is 5.43. The van der Waals surface area contributed by atoms with Gasteiger partial charge in [-0.3, -0.25) is 9.59 Å². The summed E-state index contributed by atoms with van der Waals surface area (Å²) in [5.41, 5.74) is -0.0547. The number of thiophene rings is 1. The Bertz CT molecular complexity index is 671. The third-order valence-corrected chi connectivity index (χ3v) is 8.48. The SMILES string of the molecule is O=C(Cc1cccs1)N1CCC(NC(=O)C23CC4CC(CC(C4)C2)C3)CC1. The zero-order valence-electron chi connectivity index (χ0n) is 16.0. The Hall–Kier alpha value is -1.36. The Morgan fingerprint density at radius 3 is 2.26 bits per heavy atom. The van der Waals surface area contributed by atoms with Gasteiger partial charge in [-0.2, -0.15) is 0 Å². The summed E-state index contributed by atoms with van der Waals surface area (Å²) < 4.78 is 0. The minimum Gasteiger partial charge on any atom is -0.353 e. The van der Waals surface area contributed by atoms with Gasteiger partial charge in [0.2, 0.25) is 11.8 Å². The highest BCUT2D eigenvalue weighted by Crippen LogP contribution is 2.60. The molecule has 146 valence electrons. The molecule has 2 heterocycles. The van der Waals surface area contributed by atoms with Crippen molar-refractivity contribution in [3.8, 4) is 0 Å². The Balaban J connectivity index is 1.14. The number of hydrogen-bond acceptors (Lipinski definition) is 3. The van der Waals surface area contributed by atoms with Crippen LogP contribution in [0.15, 0.2) is 17.5 Å². The van der Waals surface area contributed by atoms with Gasteiger partial charge in [0.25, 0.3) is 0 Å². The van der Waals surface area contributed by atoms with Crippen LogP contribution in [0.25, 0.3) is 0 Å². The standard InChI is InChI=1S/C22H30N2O2S/c25-20(11-19-2-1-7-27-19)24-5-3-18(4-6-24)23-21(26)22-12-15-8-16(13-22)10-17(9-15)14-22/h1-2,7,15-18H,3-6,8-14H2,(H,23,26). The molecule has 4 aliphatic carbocycles. The normalized spacial score (nSPS) is 35.4. The highest BCUT2D eigenvalue weighted by atomic mass is 32.1. The molecule has 4 nitrogen and oxygen atoms in total. The molecule has 1 aliphatic heterocycles. The second kappa shape index (κ2) is 6.91. The van der Waals surface area contributed by atoms with Crippen LogP contribution in [0.2, 0.25) is 0 Å². The maximum absolute atomic E-state index is 13.2. The van der Waals surface area contributed by atoms with Crippen molar-refractivity contribution in [3.63, 3.8) is 0 Å². The number of piperidine rings is 1. The molecule has 5 fully saturated rings. The average Bonchev–Trinajstić information content (AvgIpc) is 3.14. The predicted octanol–water partition coefficient (Wildman–Crippen LogP) is 3.61. The van der Waals surface area contributed by atoms with E-state index < -0.39 is 0 Å². The number of nitrogens with one attached hydrogen (secondary N) is 1. The Labute approximate surface area is 165 Å². The Kier molecular flexibility index (Phi) is 4.53. The predicted molar refractivity (Wildman–Crippen MR) is 106 cm³/mol. The van der Waals surface area contributed by atoms with Gasteiger partial charge in [0.1, 0.15) is 0 Å². The number of rotatable bonds is 4. The van der Waals surface area contributed by atoms with Gasteiger partial charge in [-0.25, -0.2) is 0 Å². The largest absolute Gasteiger partial charge is 0.353 e. The maximum atomic E-state index is 13.2. The molecule has 0 unspecified atom stereocenters. The topological polar surface area (TPSA) is 49.4 Å². The van der Waals surface area contributed by atoms with Crippen molar-refractivity contribution in [2.24, 2.45) is 23.2 Å². The van der Waals surface area contributed by atoms with Crippen molar-refractivity contribution in [2.45, 2.75) is 63.8 Å². The zero-order valence-corrected chi connectivity index (χ0v) is 16.8. The van der Waals surface area contributed by atoms with Crippen LogP contribution in [0.3, 0.4) is 0 Å². The molecular weight excluding hydrogens is 356 g/mol. The van der Waals surface area contributed by atoms with E-state index in [9.17, 15) is 9.59 Å². The molecule has 2 amide bonds. The molecule has 27 heavy (non-hydrogen) atoms. The summed E-state index contributed by atoms with van der Waals surface area (Å²) in [6.45, 7) is 1.55. The number of amides is 2. The van der Waals surface area contributed by atoms with Crippen LogP contribution in [-0.2, 0) is 16.0 Å². The van der Waals surface area contributed by atoms with Gasteiger partial charge in [-0.05, 0) is 80.6 Å². The number of likely N-dealkylation sites (tertiary alicyclic amines) is 1. The fraction of sp³-hybridized carbons (Fsp3) is 0.727. The average molecular weight is 387 g/mol. The van der Waals surface area contributed by atoms with E-state index in [1.165, 1.54) is 19.3 Å². The van der Waals surface area contributed by atoms with Gasteiger partial charge < -0.3 is 10.2 Å². The van der Waals surface area contributed by atoms with Crippen molar-refractivity contribution in [2.75, 3.05) is 13.1 Å². The van der Waals surface area contributed by atoms with Crippen LogP contribution in [0, 0.1) is 23.2 Å². The van der Waals surface area contributed by atoms with Crippen LogP contribution in [-0.4, -0.2) is 35.8 Å². The molecular formula is C22H30N2O2S. The van der Waals surface area contributed by atoms with Gasteiger partial charge in [-0.1, -0.05) is 6.07 Å². The van der Waals surface area contributed by atoms with E-state index in [0.29, 0.717) is 12.3 Å². The number of hydrogen-bond donors (Lipinski definition) is 1. The number of carbonyl (C=O) groups is 2. The van der Waals surface area contributed by atoms with Crippen LogP contribution >= 0.6 is 11.3 Å². The lowest BCUT2D eigenvalue weighted by Gasteiger charge is -2.56. The van der Waals surface area contributed by atoms with E-state index in [0.717, 1.165) is 67.8 Å². The summed E-state index contributed by atoms with van der Waals surface area (Å²) in [5.74, 6) is 2.98. The first kappa shape index (κ1) is 17.7. The van der Waals surface area contributed by atoms with Crippen LogP contribution < -0.4 is 5.32 Å². The Morgan fingerprint density at radius 1 is 1.07 bits per heavy atom. The molecule has 6 rings (SSSR count). The Morgan fingerprint density at radius 2 is 1.70 bits per heavy atom. The molecule has 0 radical (unpaired) electrons. The van der Waals surface area contributed by atoms with Crippen molar-refractivity contribution < 1.29 is 9.59 Å². The second-order valence-corrected chi connectivity index (χ2v) is 10.6. The molecule has 1 aromatic rings. The highest BCUT2D eigenvalue weighted by molar-refractivity contribution is 7.10. The van der Waals surface area contributed by atoms with Crippen molar-refractivity contribution in [1.29, 1.82) is 0 Å². The fourth-order valence-electron chi connectivity index (χ4n) is 6.67.